The van der Waals surface area contributed by atoms with E-state index in [0.717, 1.165) is 18.7 Å². The summed E-state index contributed by atoms with van der Waals surface area (Å²) < 4.78 is 13.8. The molecule has 0 fully saturated rings. The predicted octanol–water partition coefficient (Wildman–Crippen LogP) is 3.82. The second kappa shape index (κ2) is 6.14. The molecule has 0 amide bonds. The standard InChI is InChI=1S/C17H21FN2/c1-17(2,3)19-12-11-13-7-6-10-16(20-13)14-8-4-5-9-15(14)18/h4-10,19H,11-12H2,1-3H3. The lowest BCUT2D eigenvalue weighted by molar-refractivity contribution is 0.428. The highest BCUT2D eigenvalue weighted by molar-refractivity contribution is 5.59. The van der Waals surface area contributed by atoms with Gasteiger partial charge in [0.15, 0.2) is 0 Å². The fourth-order valence-electron chi connectivity index (χ4n) is 2.00. The van der Waals surface area contributed by atoms with Crippen LogP contribution in [0.15, 0.2) is 42.5 Å². The molecule has 0 aliphatic heterocycles. The molecule has 2 rings (SSSR count). The first-order chi connectivity index (χ1) is 9.46. The molecule has 0 bridgehead atoms. The molecular formula is C17H21FN2. The van der Waals surface area contributed by atoms with Crippen molar-refractivity contribution < 1.29 is 4.39 Å². The number of halogens is 1. The molecule has 2 nitrogen and oxygen atoms in total. The van der Waals surface area contributed by atoms with E-state index in [9.17, 15) is 4.39 Å². The van der Waals surface area contributed by atoms with E-state index in [0.29, 0.717) is 11.3 Å². The number of aromatic nitrogens is 1. The van der Waals surface area contributed by atoms with E-state index < -0.39 is 0 Å². The highest BCUT2D eigenvalue weighted by Crippen LogP contribution is 2.20. The van der Waals surface area contributed by atoms with Gasteiger partial charge in [0.1, 0.15) is 5.82 Å². The molecule has 0 saturated heterocycles. The van der Waals surface area contributed by atoms with Gasteiger partial charge in [-0.3, -0.25) is 4.98 Å². The van der Waals surface area contributed by atoms with E-state index in [4.69, 9.17) is 0 Å². The Morgan fingerprint density at radius 2 is 1.80 bits per heavy atom. The van der Waals surface area contributed by atoms with Crippen LogP contribution in [0.2, 0.25) is 0 Å². The molecule has 0 saturated carbocycles. The predicted molar refractivity (Wildman–Crippen MR) is 81.1 cm³/mol. The topological polar surface area (TPSA) is 24.9 Å². The molecule has 0 unspecified atom stereocenters. The molecule has 0 radical (unpaired) electrons. The smallest absolute Gasteiger partial charge is 0.132 e. The third kappa shape index (κ3) is 4.14. The SMILES string of the molecule is CC(C)(C)NCCc1cccc(-c2ccccc2F)n1. The fourth-order valence-corrected chi connectivity index (χ4v) is 2.00. The molecule has 1 aromatic carbocycles. The number of pyridine rings is 1. The van der Waals surface area contributed by atoms with E-state index in [1.807, 2.05) is 24.3 Å². The van der Waals surface area contributed by atoms with Crippen LogP contribution in [0.4, 0.5) is 4.39 Å². The number of nitrogens with one attached hydrogen (secondary N) is 1. The molecule has 106 valence electrons. The summed E-state index contributed by atoms with van der Waals surface area (Å²) in [4.78, 5) is 4.54. The third-order valence-corrected chi connectivity index (χ3v) is 2.99. The van der Waals surface area contributed by atoms with Crippen molar-refractivity contribution in [1.29, 1.82) is 0 Å². The Balaban J connectivity index is 2.11. The molecule has 0 atom stereocenters. The normalized spacial score (nSPS) is 11.6. The molecule has 2 aromatic rings. The summed E-state index contributed by atoms with van der Waals surface area (Å²) in [5.74, 6) is -0.232. The Labute approximate surface area is 120 Å². The zero-order valence-electron chi connectivity index (χ0n) is 12.3. The molecule has 20 heavy (non-hydrogen) atoms. The van der Waals surface area contributed by atoms with Crippen LogP contribution in [0.5, 0.6) is 0 Å². The van der Waals surface area contributed by atoms with Gasteiger partial charge in [0.2, 0.25) is 0 Å². The van der Waals surface area contributed by atoms with Crippen molar-refractivity contribution in [1.82, 2.24) is 10.3 Å². The van der Waals surface area contributed by atoms with E-state index in [2.05, 4.69) is 31.1 Å². The van der Waals surface area contributed by atoms with Crippen LogP contribution in [-0.2, 0) is 6.42 Å². The van der Waals surface area contributed by atoms with Crippen molar-refractivity contribution >= 4 is 0 Å². The minimum absolute atomic E-state index is 0.100. The van der Waals surface area contributed by atoms with Crippen LogP contribution in [0.3, 0.4) is 0 Å². The monoisotopic (exact) mass is 272 g/mol. The molecule has 0 aliphatic carbocycles. The first-order valence-electron chi connectivity index (χ1n) is 6.91. The first-order valence-corrected chi connectivity index (χ1v) is 6.91. The van der Waals surface area contributed by atoms with E-state index >= 15 is 0 Å². The van der Waals surface area contributed by atoms with Crippen LogP contribution in [0.25, 0.3) is 11.3 Å². The second-order valence-corrected chi connectivity index (χ2v) is 5.92. The number of hydrogen-bond donors (Lipinski definition) is 1. The highest BCUT2D eigenvalue weighted by atomic mass is 19.1. The Morgan fingerprint density at radius 3 is 2.50 bits per heavy atom. The van der Waals surface area contributed by atoms with Crippen molar-refractivity contribution in [2.75, 3.05) is 6.54 Å². The molecule has 1 heterocycles. The molecule has 0 aliphatic rings. The zero-order chi connectivity index (χ0) is 14.6. The number of rotatable bonds is 4. The minimum Gasteiger partial charge on any atom is -0.312 e. The van der Waals surface area contributed by atoms with Gasteiger partial charge in [-0.2, -0.15) is 0 Å². The van der Waals surface area contributed by atoms with Crippen molar-refractivity contribution in [3.63, 3.8) is 0 Å². The lowest BCUT2D eigenvalue weighted by Crippen LogP contribution is -2.37. The number of hydrogen-bond acceptors (Lipinski definition) is 2. The Morgan fingerprint density at radius 1 is 1.05 bits per heavy atom. The fraction of sp³-hybridized carbons (Fsp3) is 0.353. The zero-order valence-corrected chi connectivity index (χ0v) is 12.3. The van der Waals surface area contributed by atoms with Gasteiger partial charge >= 0.3 is 0 Å². The van der Waals surface area contributed by atoms with E-state index in [-0.39, 0.29) is 11.4 Å². The van der Waals surface area contributed by atoms with Crippen molar-refractivity contribution in [3.05, 3.63) is 54.0 Å². The van der Waals surface area contributed by atoms with Crippen LogP contribution in [-0.4, -0.2) is 17.1 Å². The molecule has 1 aromatic heterocycles. The summed E-state index contributed by atoms with van der Waals surface area (Å²) in [7, 11) is 0. The lowest BCUT2D eigenvalue weighted by atomic mass is 10.1. The van der Waals surface area contributed by atoms with Gasteiger partial charge < -0.3 is 5.32 Å². The summed E-state index contributed by atoms with van der Waals surface area (Å²) in [6, 6.07) is 12.5. The van der Waals surface area contributed by atoms with E-state index in [1.54, 1.807) is 12.1 Å². The molecule has 0 spiro atoms. The maximum Gasteiger partial charge on any atom is 0.132 e. The van der Waals surface area contributed by atoms with Crippen LogP contribution in [0, 0.1) is 5.82 Å². The summed E-state index contributed by atoms with van der Waals surface area (Å²) >= 11 is 0. The number of nitrogens with zero attached hydrogens (tertiary/aromatic N) is 1. The molecule has 3 heteroatoms. The second-order valence-electron chi connectivity index (χ2n) is 5.92. The van der Waals surface area contributed by atoms with Gasteiger partial charge in [0.05, 0.1) is 5.69 Å². The summed E-state index contributed by atoms with van der Waals surface area (Å²) in [5, 5.41) is 3.43. The molecular weight excluding hydrogens is 251 g/mol. The van der Waals surface area contributed by atoms with Crippen molar-refractivity contribution in [3.8, 4) is 11.3 Å². The molecule has 1 N–H and O–H groups in total. The van der Waals surface area contributed by atoms with Crippen molar-refractivity contribution in [2.24, 2.45) is 0 Å². The minimum atomic E-state index is -0.232. The Hall–Kier alpha value is -1.74. The van der Waals surface area contributed by atoms with E-state index in [1.165, 1.54) is 6.07 Å². The maximum atomic E-state index is 13.8. The largest absolute Gasteiger partial charge is 0.312 e. The average Bonchev–Trinajstić information content (AvgIpc) is 2.38. The lowest BCUT2D eigenvalue weighted by Gasteiger charge is -2.20. The van der Waals surface area contributed by atoms with Crippen LogP contribution in [0.1, 0.15) is 26.5 Å². The Bertz CT molecular complexity index is 573. The summed E-state index contributed by atoms with van der Waals surface area (Å²) in [6.45, 7) is 7.26. The first kappa shape index (κ1) is 14.7. The van der Waals surface area contributed by atoms with Crippen LogP contribution >= 0.6 is 0 Å². The van der Waals surface area contributed by atoms with Gasteiger partial charge in [-0.15, -0.1) is 0 Å². The Kier molecular flexibility index (Phi) is 4.50. The van der Waals surface area contributed by atoms with Gasteiger partial charge in [-0.1, -0.05) is 18.2 Å². The van der Waals surface area contributed by atoms with Gasteiger partial charge in [0, 0.05) is 29.8 Å². The third-order valence-electron chi connectivity index (χ3n) is 2.99. The van der Waals surface area contributed by atoms with Gasteiger partial charge in [-0.05, 0) is 45.0 Å². The van der Waals surface area contributed by atoms with Crippen LogP contribution < -0.4 is 5.32 Å². The number of benzene rings is 1. The van der Waals surface area contributed by atoms with Crippen molar-refractivity contribution in [2.45, 2.75) is 32.7 Å². The summed E-state index contributed by atoms with van der Waals surface area (Å²) in [5.41, 5.74) is 2.32. The summed E-state index contributed by atoms with van der Waals surface area (Å²) in [6.07, 6.45) is 0.833. The maximum absolute atomic E-state index is 13.8. The quantitative estimate of drug-likeness (QED) is 0.915. The van der Waals surface area contributed by atoms with Gasteiger partial charge in [-0.25, -0.2) is 4.39 Å². The average molecular weight is 272 g/mol. The van der Waals surface area contributed by atoms with Gasteiger partial charge in [0.25, 0.3) is 0 Å². The highest BCUT2D eigenvalue weighted by Gasteiger charge is 2.09.